The highest BCUT2D eigenvalue weighted by atomic mass is 19.4. The molecule has 0 aliphatic heterocycles. The van der Waals surface area contributed by atoms with Crippen molar-refractivity contribution in [1.82, 2.24) is 21.3 Å². The molecular weight excluding hydrogens is 667 g/mol. The quantitative estimate of drug-likeness (QED) is 0.133. The molecule has 274 valence electrons. The van der Waals surface area contributed by atoms with Crippen molar-refractivity contribution in [2.45, 2.75) is 82.9 Å². The maximum Gasteiger partial charge on any atom is 0.416 e. The number of nitrogens with two attached hydrogens (primary N) is 1. The summed E-state index contributed by atoms with van der Waals surface area (Å²) in [6.07, 6.45) is -9.34. The van der Waals surface area contributed by atoms with Crippen molar-refractivity contribution in [3.63, 3.8) is 0 Å². The van der Waals surface area contributed by atoms with E-state index in [9.17, 15) is 42.3 Å². The topological polar surface area (TPSA) is 180 Å². The predicted octanol–water partition coefficient (Wildman–Crippen LogP) is 3.40. The number of halogens is 3. The number of carbonyl (C=O) groups excluding carboxylic acids is 5. The number of aliphatic hydroxyl groups excluding tert-OH is 1. The molecule has 0 aromatic heterocycles. The Morgan fingerprint density at radius 3 is 1.84 bits per heavy atom. The highest BCUT2D eigenvalue weighted by Crippen LogP contribution is 2.25. The number of benzene rings is 3. The molecule has 0 saturated heterocycles. The Bertz CT molecular complexity index is 1650. The number of hydrogen-bond donors (Lipinski definition) is 6. The van der Waals surface area contributed by atoms with E-state index < -0.39 is 84.2 Å². The van der Waals surface area contributed by atoms with Crippen LogP contribution in [0, 0.1) is 5.92 Å². The molecule has 7 N–H and O–H groups in total. The lowest BCUT2D eigenvalue weighted by Gasteiger charge is -2.32. The Labute approximate surface area is 294 Å². The molecular formula is C37H44F3N5O6. The van der Waals surface area contributed by atoms with E-state index >= 15 is 0 Å². The minimum absolute atomic E-state index is 0.0379. The van der Waals surface area contributed by atoms with Gasteiger partial charge >= 0.3 is 6.18 Å². The first-order valence-electron chi connectivity index (χ1n) is 16.4. The maximum atomic E-state index is 13.7. The summed E-state index contributed by atoms with van der Waals surface area (Å²) in [6, 6.07) is 20.7. The molecule has 0 heterocycles. The van der Waals surface area contributed by atoms with Crippen LogP contribution in [0.4, 0.5) is 13.2 Å². The molecule has 11 nitrogen and oxygen atoms in total. The van der Waals surface area contributed by atoms with Crippen LogP contribution < -0.4 is 27.0 Å². The van der Waals surface area contributed by atoms with Crippen LogP contribution in [0.25, 0.3) is 11.1 Å². The van der Waals surface area contributed by atoms with Gasteiger partial charge in [-0.2, -0.15) is 13.2 Å². The SMILES string of the molecule is CC(C)[C@H](NC(=O)c1ccc(-c2ccccc2)cc1)C(=O)N[C@@H](Cc1ccccc1)C(=O)NC(C)(C)C(=O)NC(CCC(N)=O)C(O)C(F)(F)F. The van der Waals surface area contributed by atoms with E-state index in [0.29, 0.717) is 11.1 Å². The van der Waals surface area contributed by atoms with Crippen LogP contribution in [-0.2, 0) is 25.6 Å². The van der Waals surface area contributed by atoms with Gasteiger partial charge in [-0.25, -0.2) is 0 Å². The monoisotopic (exact) mass is 711 g/mol. The average Bonchev–Trinajstić information content (AvgIpc) is 3.08. The molecule has 0 aliphatic rings. The summed E-state index contributed by atoms with van der Waals surface area (Å²) in [7, 11) is 0. The van der Waals surface area contributed by atoms with Gasteiger partial charge in [-0.15, -0.1) is 0 Å². The van der Waals surface area contributed by atoms with Gasteiger partial charge < -0.3 is 32.1 Å². The molecule has 3 aromatic carbocycles. The summed E-state index contributed by atoms with van der Waals surface area (Å²) in [5.74, 6) is -4.49. The first kappa shape index (κ1) is 40.2. The molecule has 5 amide bonds. The van der Waals surface area contributed by atoms with Crippen molar-refractivity contribution in [2.24, 2.45) is 11.7 Å². The van der Waals surface area contributed by atoms with Crippen molar-refractivity contribution < 1.29 is 42.3 Å². The second kappa shape index (κ2) is 17.6. The number of alkyl halides is 3. The highest BCUT2D eigenvalue weighted by molar-refractivity contribution is 5.99. The number of aliphatic hydroxyl groups is 1. The zero-order chi connectivity index (χ0) is 37.9. The third kappa shape index (κ3) is 11.9. The zero-order valence-electron chi connectivity index (χ0n) is 28.8. The molecule has 3 rings (SSSR count). The second-order valence-corrected chi connectivity index (χ2v) is 13.1. The number of amides is 5. The van der Waals surface area contributed by atoms with E-state index in [1.165, 1.54) is 13.8 Å². The van der Waals surface area contributed by atoms with Crippen LogP contribution in [-0.4, -0.2) is 70.6 Å². The summed E-state index contributed by atoms with van der Waals surface area (Å²) in [4.78, 5) is 65.0. The van der Waals surface area contributed by atoms with Crippen molar-refractivity contribution in [1.29, 1.82) is 0 Å². The summed E-state index contributed by atoms with van der Waals surface area (Å²) < 4.78 is 40.0. The summed E-state index contributed by atoms with van der Waals surface area (Å²) >= 11 is 0. The van der Waals surface area contributed by atoms with Gasteiger partial charge in [-0.05, 0) is 55.0 Å². The number of rotatable bonds is 16. The van der Waals surface area contributed by atoms with Crippen LogP contribution in [0.1, 0.15) is 56.5 Å². The molecule has 2 unspecified atom stereocenters. The van der Waals surface area contributed by atoms with Crippen LogP contribution in [0.2, 0.25) is 0 Å². The number of nitrogens with one attached hydrogen (secondary N) is 4. The van der Waals surface area contributed by atoms with Crippen LogP contribution in [0.5, 0.6) is 0 Å². The molecule has 0 bridgehead atoms. The molecule has 0 aliphatic carbocycles. The largest absolute Gasteiger partial charge is 0.416 e. The average molecular weight is 712 g/mol. The van der Waals surface area contributed by atoms with Gasteiger partial charge in [0.2, 0.25) is 23.6 Å². The standard InChI is InChI=1S/C37H44F3N5O6/c1-22(2)30(44-32(48)26-17-15-25(16-18-26)24-13-9-6-10-14-24)34(50)42-28(21-23-11-7-5-8-12-23)33(49)45-36(3,4)35(51)43-27(19-20-29(41)46)31(47)37(38,39)40/h5-18,22,27-28,30-31,47H,19-21H2,1-4H3,(H2,41,46)(H,42,50)(H,43,51)(H,44,48)(H,45,49)/t27?,28-,30-,31?/m0/s1. The van der Waals surface area contributed by atoms with Gasteiger partial charge in [-0.3, -0.25) is 24.0 Å². The van der Waals surface area contributed by atoms with E-state index in [1.54, 1.807) is 68.4 Å². The third-order valence-electron chi connectivity index (χ3n) is 8.14. The molecule has 51 heavy (non-hydrogen) atoms. The fourth-order valence-electron chi connectivity index (χ4n) is 5.16. The third-order valence-corrected chi connectivity index (χ3v) is 8.14. The Morgan fingerprint density at radius 2 is 1.31 bits per heavy atom. The lowest BCUT2D eigenvalue weighted by Crippen LogP contribution is -2.63. The van der Waals surface area contributed by atoms with Crippen LogP contribution >= 0.6 is 0 Å². The van der Waals surface area contributed by atoms with Gasteiger partial charge in [0.15, 0.2) is 6.10 Å². The Kier molecular flexibility index (Phi) is 13.9. The van der Waals surface area contributed by atoms with Gasteiger partial charge in [0.1, 0.15) is 17.6 Å². The predicted molar refractivity (Wildman–Crippen MR) is 185 cm³/mol. The molecule has 4 atom stereocenters. The van der Waals surface area contributed by atoms with Gasteiger partial charge in [0, 0.05) is 18.4 Å². The smallest absolute Gasteiger partial charge is 0.382 e. The first-order chi connectivity index (χ1) is 23.9. The number of hydrogen-bond acceptors (Lipinski definition) is 6. The van der Waals surface area contributed by atoms with Gasteiger partial charge in [0.05, 0.1) is 6.04 Å². The first-order valence-corrected chi connectivity index (χ1v) is 16.4. The van der Waals surface area contributed by atoms with E-state index in [0.717, 1.165) is 11.1 Å². The van der Waals surface area contributed by atoms with Crippen molar-refractivity contribution in [3.05, 3.63) is 96.1 Å². The molecule has 0 radical (unpaired) electrons. The lowest BCUT2D eigenvalue weighted by atomic mass is 9.97. The van der Waals surface area contributed by atoms with Crippen molar-refractivity contribution in [2.75, 3.05) is 0 Å². The molecule has 14 heteroatoms. The van der Waals surface area contributed by atoms with E-state index in [1.807, 2.05) is 30.3 Å². The van der Waals surface area contributed by atoms with Crippen molar-refractivity contribution in [3.8, 4) is 11.1 Å². The molecule has 3 aromatic rings. The Balaban J connectivity index is 1.78. The normalized spacial score (nSPS) is 14.1. The Morgan fingerprint density at radius 1 is 0.765 bits per heavy atom. The summed E-state index contributed by atoms with van der Waals surface area (Å²) in [6.45, 7) is 5.89. The summed E-state index contributed by atoms with van der Waals surface area (Å²) in [5, 5.41) is 19.8. The highest BCUT2D eigenvalue weighted by Gasteiger charge is 2.45. The van der Waals surface area contributed by atoms with E-state index in [-0.39, 0.29) is 6.42 Å². The summed E-state index contributed by atoms with van der Waals surface area (Å²) in [5.41, 5.74) is 6.02. The van der Waals surface area contributed by atoms with Gasteiger partial charge in [-0.1, -0.05) is 86.6 Å². The minimum Gasteiger partial charge on any atom is -0.382 e. The van der Waals surface area contributed by atoms with E-state index in [4.69, 9.17) is 5.73 Å². The molecule has 0 fully saturated rings. The number of primary amides is 1. The van der Waals surface area contributed by atoms with Crippen LogP contribution in [0.3, 0.4) is 0 Å². The second-order valence-electron chi connectivity index (χ2n) is 13.1. The fourth-order valence-corrected chi connectivity index (χ4v) is 5.16. The lowest BCUT2D eigenvalue weighted by molar-refractivity contribution is -0.213. The fraction of sp³-hybridized carbons (Fsp3) is 0.378. The zero-order valence-corrected chi connectivity index (χ0v) is 28.8. The minimum atomic E-state index is -5.12. The van der Waals surface area contributed by atoms with Gasteiger partial charge in [0.25, 0.3) is 5.91 Å². The van der Waals surface area contributed by atoms with Crippen LogP contribution in [0.15, 0.2) is 84.9 Å². The Hall–Kier alpha value is -5.24. The van der Waals surface area contributed by atoms with Crippen molar-refractivity contribution >= 4 is 29.5 Å². The number of carbonyl (C=O) groups is 5. The molecule has 0 spiro atoms. The molecule has 0 saturated carbocycles. The maximum absolute atomic E-state index is 13.7. The van der Waals surface area contributed by atoms with E-state index in [2.05, 4.69) is 21.3 Å².